The molecule has 0 aliphatic rings. The lowest BCUT2D eigenvalue weighted by Crippen LogP contribution is -2.15. The summed E-state index contributed by atoms with van der Waals surface area (Å²) in [5.74, 6) is 1.74. The molecule has 6 nitrogen and oxygen atoms in total. The molecule has 0 atom stereocenters. The highest BCUT2D eigenvalue weighted by Gasteiger charge is 2.15. The van der Waals surface area contributed by atoms with Gasteiger partial charge >= 0.3 is 0 Å². The minimum Gasteiger partial charge on any atom is -0.466 e. The Kier molecular flexibility index (Phi) is 5.07. The van der Waals surface area contributed by atoms with Gasteiger partial charge in [-0.3, -0.25) is 4.79 Å². The SMILES string of the molecule is Cc1ccc(Cc2c(Nc3cnc(-c4ccccc4)nc3)cccc2C(N)=O)o1. The van der Waals surface area contributed by atoms with E-state index in [4.69, 9.17) is 10.2 Å². The van der Waals surface area contributed by atoms with Gasteiger partial charge in [-0.15, -0.1) is 0 Å². The first-order valence-electron chi connectivity index (χ1n) is 9.21. The molecule has 29 heavy (non-hydrogen) atoms. The van der Waals surface area contributed by atoms with Crippen molar-refractivity contribution in [3.05, 3.63) is 95.7 Å². The number of primary amides is 1. The molecule has 6 heteroatoms. The molecule has 0 radical (unpaired) electrons. The van der Waals surface area contributed by atoms with E-state index in [1.165, 1.54) is 0 Å². The Bertz CT molecular complexity index is 1140. The number of aryl methyl sites for hydroxylation is 1. The molecule has 144 valence electrons. The average molecular weight is 384 g/mol. The predicted molar refractivity (Wildman–Crippen MR) is 112 cm³/mol. The van der Waals surface area contributed by atoms with E-state index in [-0.39, 0.29) is 0 Å². The summed E-state index contributed by atoms with van der Waals surface area (Å²) in [6, 6.07) is 19.0. The van der Waals surface area contributed by atoms with E-state index >= 15 is 0 Å². The van der Waals surface area contributed by atoms with E-state index in [9.17, 15) is 4.79 Å². The first-order chi connectivity index (χ1) is 14.1. The number of aromatic nitrogens is 2. The highest BCUT2D eigenvalue weighted by atomic mass is 16.3. The summed E-state index contributed by atoms with van der Waals surface area (Å²) in [5.41, 5.74) is 9.23. The smallest absolute Gasteiger partial charge is 0.249 e. The number of benzene rings is 2. The van der Waals surface area contributed by atoms with Crippen LogP contribution in [0.3, 0.4) is 0 Å². The lowest BCUT2D eigenvalue weighted by molar-refractivity contribution is 0.0999. The fourth-order valence-corrected chi connectivity index (χ4v) is 3.16. The van der Waals surface area contributed by atoms with Gasteiger partial charge < -0.3 is 15.5 Å². The van der Waals surface area contributed by atoms with Crippen LogP contribution in [0.2, 0.25) is 0 Å². The van der Waals surface area contributed by atoms with Crippen LogP contribution in [0.5, 0.6) is 0 Å². The van der Waals surface area contributed by atoms with E-state index in [0.717, 1.165) is 28.3 Å². The summed E-state index contributed by atoms with van der Waals surface area (Å²) in [6.07, 6.45) is 3.87. The second kappa shape index (κ2) is 7.98. The number of carbonyl (C=O) groups is 1. The molecule has 0 aliphatic heterocycles. The maximum Gasteiger partial charge on any atom is 0.249 e. The summed E-state index contributed by atoms with van der Waals surface area (Å²) < 4.78 is 5.69. The number of nitrogens with two attached hydrogens (primary N) is 1. The standard InChI is InChI=1S/C23H20N4O2/c1-15-10-11-18(29-15)12-20-19(22(24)28)8-5-9-21(20)27-17-13-25-23(26-14-17)16-6-3-2-4-7-16/h2-11,13-14,27H,12H2,1H3,(H2,24,28). The molecular formula is C23H20N4O2. The first kappa shape index (κ1) is 18.4. The highest BCUT2D eigenvalue weighted by Crippen LogP contribution is 2.27. The van der Waals surface area contributed by atoms with Crippen molar-refractivity contribution in [3.63, 3.8) is 0 Å². The van der Waals surface area contributed by atoms with E-state index < -0.39 is 5.91 Å². The summed E-state index contributed by atoms with van der Waals surface area (Å²) in [4.78, 5) is 20.8. The Morgan fingerprint density at radius 2 is 1.76 bits per heavy atom. The molecule has 0 spiro atoms. The van der Waals surface area contributed by atoms with Crippen LogP contribution in [-0.4, -0.2) is 15.9 Å². The number of nitrogens with zero attached hydrogens (tertiary/aromatic N) is 2. The Morgan fingerprint density at radius 1 is 1.00 bits per heavy atom. The van der Waals surface area contributed by atoms with Crippen LogP contribution >= 0.6 is 0 Å². The molecule has 0 saturated heterocycles. The van der Waals surface area contributed by atoms with E-state index in [1.807, 2.05) is 55.5 Å². The number of carbonyl (C=O) groups excluding carboxylic acids is 1. The van der Waals surface area contributed by atoms with Crippen molar-refractivity contribution in [2.75, 3.05) is 5.32 Å². The van der Waals surface area contributed by atoms with E-state index in [2.05, 4.69) is 15.3 Å². The van der Waals surface area contributed by atoms with Crippen LogP contribution in [0.4, 0.5) is 11.4 Å². The van der Waals surface area contributed by atoms with Crippen LogP contribution < -0.4 is 11.1 Å². The molecule has 2 heterocycles. The second-order valence-electron chi connectivity index (χ2n) is 6.67. The molecular weight excluding hydrogens is 364 g/mol. The van der Waals surface area contributed by atoms with Gasteiger partial charge in [-0.05, 0) is 36.8 Å². The molecule has 4 aromatic rings. The minimum atomic E-state index is -0.484. The lowest BCUT2D eigenvalue weighted by Gasteiger charge is -2.14. The minimum absolute atomic E-state index is 0.443. The zero-order valence-corrected chi connectivity index (χ0v) is 15.9. The number of nitrogens with one attached hydrogen (secondary N) is 1. The van der Waals surface area contributed by atoms with Gasteiger partial charge in [-0.1, -0.05) is 36.4 Å². The summed E-state index contributed by atoms with van der Waals surface area (Å²) in [7, 11) is 0. The van der Waals surface area contributed by atoms with Crippen LogP contribution in [0.1, 0.15) is 27.4 Å². The molecule has 3 N–H and O–H groups in total. The van der Waals surface area contributed by atoms with Gasteiger partial charge in [0.15, 0.2) is 5.82 Å². The summed E-state index contributed by atoms with van der Waals surface area (Å²) in [6.45, 7) is 1.88. The number of anilines is 2. The summed E-state index contributed by atoms with van der Waals surface area (Å²) >= 11 is 0. The third-order valence-electron chi connectivity index (χ3n) is 4.55. The van der Waals surface area contributed by atoms with Crippen molar-refractivity contribution < 1.29 is 9.21 Å². The average Bonchev–Trinajstić information content (AvgIpc) is 3.15. The van der Waals surface area contributed by atoms with E-state index in [0.29, 0.717) is 23.5 Å². The zero-order chi connectivity index (χ0) is 20.2. The largest absolute Gasteiger partial charge is 0.466 e. The second-order valence-corrected chi connectivity index (χ2v) is 6.67. The van der Waals surface area contributed by atoms with Gasteiger partial charge in [-0.2, -0.15) is 0 Å². The molecule has 4 rings (SSSR count). The fourth-order valence-electron chi connectivity index (χ4n) is 3.16. The van der Waals surface area contributed by atoms with Gasteiger partial charge in [0.1, 0.15) is 11.5 Å². The maximum atomic E-state index is 12.0. The monoisotopic (exact) mass is 384 g/mol. The number of rotatable bonds is 6. The molecule has 0 fully saturated rings. The van der Waals surface area contributed by atoms with Crippen LogP contribution in [-0.2, 0) is 6.42 Å². The normalized spacial score (nSPS) is 10.7. The number of hydrogen-bond donors (Lipinski definition) is 2. The zero-order valence-electron chi connectivity index (χ0n) is 15.9. The van der Waals surface area contributed by atoms with E-state index in [1.54, 1.807) is 24.5 Å². The molecule has 2 aromatic heterocycles. The van der Waals surface area contributed by atoms with Crippen LogP contribution in [0.25, 0.3) is 11.4 Å². The quantitative estimate of drug-likeness (QED) is 0.511. The van der Waals surface area contributed by atoms with Gasteiger partial charge in [0.05, 0.1) is 18.1 Å². The maximum absolute atomic E-state index is 12.0. The Labute approximate surface area is 168 Å². The topological polar surface area (TPSA) is 94.0 Å². The Morgan fingerprint density at radius 3 is 2.41 bits per heavy atom. The molecule has 0 bridgehead atoms. The van der Waals surface area contributed by atoms with Crippen molar-refractivity contribution in [1.29, 1.82) is 0 Å². The molecule has 0 saturated carbocycles. The van der Waals surface area contributed by atoms with Gasteiger partial charge in [-0.25, -0.2) is 9.97 Å². The molecule has 2 aromatic carbocycles. The van der Waals surface area contributed by atoms with Crippen molar-refractivity contribution in [2.24, 2.45) is 5.73 Å². The Hall–Kier alpha value is -3.93. The van der Waals surface area contributed by atoms with Crippen LogP contribution in [0, 0.1) is 6.92 Å². The van der Waals surface area contributed by atoms with Crippen LogP contribution in [0.15, 0.2) is 77.5 Å². The van der Waals surface area contributed by atoms with Crippen molar-refractivity contribution >= 4 is 17.3 Å². The first-order valence-corrected chi connectivity index (χ1v) is 9.21. The van der Waals surface area contributed by atoms with Crippen molar-refractivity contribution in [3.8, 4) is 11.4 Å². The van der Waals surface area contributed by atoms with Gasteiger partial charge in [0.2, 0.25) is 5.91 Å². The third-order valence-corrected chi connectivity index (χ3v) is 4.55. The summed E-state index contributed by atoms with van der Waals surface area (Å²) in [5, 5.41) is 3.30. The number of furan rings is 1. The molecule has 0 unspecified atom stereocenters. The fraction of sp³-hybridized carbons (Fsp3) is 0.0870. The highest BCUT2D eigenvalue weighted by molar-refractivity contribution is 5.96. The predicted octanol–water partition coefficient (Wildman–Crippen LogP) is 4.48. The molecule has 1 amide bonds. The van der Waals surface area contributed by atoms with Crippen molar-refractivity contribution in [2.45, 2.75) is 13.3 Å². The number of amides is 1. The molecule has 0 aliphatic carbocycles. The van der Waals surface area contributed by atoms with Crippen molar-refractivity contribution in [1.82, 2.24) is 9.97 Å². The third kappa shape index (κ3) is 4.16. The number of hydrogen-bond acceptors (Lipinski definition) is 5. The van der Waals surface area contributed by atoms with Gasteiger partial charge in [0, 0.05) is 23.2 Å². The lowest BCUT2D eigenvalue weighted by atomic mass is 10.00. The Balaban J connectivity index is 1.64. The van der Waals surface area contributed by atoms with Gasteiger partial charge in [0.25, 0.3) is 0 Å².